The molecule has 1 aromatic carbocycles. The Kier molecular flexibility index (Phi) is 3.78. The molecule has 0 bridgehead atoms. The van der Waals surface area contributed by atoms with Crippen LogP contribution in [0.4, 0.5) is 0 Å². The van der Waals surface area contributed by atoms with Crippen LogP contribution in [0.3, 0.4) is 0 Å². The molecule has 112 valence electrons. The van der Waals surface area contributed by atoms with Gasteiger partial charge in [0.2, 0.25) is 0 Å². The Morgan fingerprint density at radius 2 is 1.86 bits per heavy atom. The zero-order chi connectivity index (χ0) is 15.5. The highest BCUT2D eigenvalue weighted by Gasteiger charge is 2.15. The summed E-state index contributed by atoms with van der Waals surface area (Å²) < 4.78 is 16.4. The van der Waals surface area contributed by atoms with Crippen LogP contribution in [-0.4, -0.2) is 17.3 Å². The molecule has 0 saturated carbocycles. The van der Waals surface area contributed by atoms with E-state index in [0.29, 0.717) is 11.6 Å². The summed E-state index contributed by atoms with van der Waals surface area (Å²) in [6, 6.07) is 11.4. The second-order valence-corrected chi connectivity index (χ2v) is 4.85. The number of hydrogen-bond acceptors (Lipinski definition) is 5. The van der Waals surface area contributed by atoms with E-state index >= 15 is 0 Å². The van der Waals surface area contributed by atoms with E-state index in [-0.39, 0.29) is 0 Å². The summed E-state index contributed by atoms with van der Waals surface area (Å²) in [7, 11) is 1.57. The van der Waals surface area contributed by atoms with Crippen LogP contribution in [0.1, 0.15) is 11.5 Å². The van der Waals surface area contributed by atoms with E-state index in [1.165, 1.54) is 0 Å². The van der Waals surface area contributed by atoms with Crippen molar-refractivity contribution in [3.8, 4) is 28.5 Å². The second kappa shape index (κ2) is 5.89. The summed E-state index contributed by atoms with van der Waals surface area (Å²) in [5, 5.41) is 3.97. The highest BCUT2D eigenvalue weighted by molar-refractivity contribution is 5.69. The summed E-state index contributed by atoms with van der Waals surface area (Å²) in [5.74, 6) is 2.44. The number of aryl methyl sites for hydroxylation is 2. The van der Waals surface area contributed by atoms with Crippen molar-refractivity contribution in [2.24, 2.45) is 0 Å². The van der Waals surface area contributed by atoms with Crippen LogP contribution in [0.5, 0.6) is 17.4 Å². The molecule has 0 amide bonds. The van der Waals surface area contributed by atoms with Gasteiger partial charge in [0.05, 0.1) is 12.8 Å². The fourth-order valence-electron chi connectivity index (χ4n) is 2.31. The largest absolute Gasteiger partial charge is 0.478 e. The molecule has 0 N–H and O–H groups in total. The summed E-state index contributed by atoms with van der Waals surface area (Å²) in [6.45, 7) is 3.77. The SMILES string of the molecule is COc1ncc(-c2c(C)noc2C)cc1Oc1ccccc1. The van der Waals surface area contributed by atoms with Crippen molar-refractivity contribution in [2.75, 3.05) is 7.11 Å². The first kappa shape index (κ1) is 14.1. The Labute approximate surface area is 128 Å². The Morgan fingerprint density at radius 1 is 1.09 bits per heavy atom. The van der Waals surface area contributed by atoms with E-state index in [4.69, 9.17) is 14.0 Å². The van der Waals surface area contributed by atoms with Gasteiger partial charge in [0, 0.05) is 17.3 Å². The topological polar surface area (TPSA) is 57.4 Å². The van der Waals surface area contributed by atoms with Gasteiger partial charge in [-0.2, -0.15) is 0 Å². The zero-order valence-corrected chi connectivity index (χ0v) is 12.7. The first-order valence-electron chi connectivity index (χ1n) is 6.89. The lowest BCUT2D eigenvalue weighted by Gasteiger charge is -2.11. The van der Waals surface area contributed by atoms with Gasteiger partial charge in [0.25, 0.3) is 5.88 Å². The Morgan fingerprint density at radius 3 is 2.50 bits per heavy atom. The summed E-state index contributed by atoms with van der Waals surface area (Å²) in [4.78, 5) is 4.31. The predicted molar refractivity (Wildman–Crippen MR) is 82.3 cm³/mol. The van der Waals surface area contributed by atoms with E-state index in [1.807, 2.05) is 50.2 Å². The first-order chi connectivity index (χ1) is 10.7. The minimum Gasteiger partial charge on any atom is -0.478 e. The molecule has 0 fully saturated rings. The highest BCUT2D eigenvalue weighted by Crippen LogP contribution is 2.35. The van der Waals surface area contributed by atoms with E-state index in [9.17, 15) is 0 Å². The number of nitrogens with zero attached hydrogens (tertiary/aromatic N) is 2. The van der Waals surface area contributed by atoms with E-state index in [2.05, 4.69) is 10.1 Å². The molecule has 2 heterocycles. The smallest absolute Gasteiger partial charge is 0.257 e. The van der Waals surface area contributed by atoms with Crippen molar-refractivity contribution in [2.45, 2.75) is 13.8 Å². The van der Waals surface area contributed by atoms with Crippen LogP contribution < -0.4 is 9.47 Å². The number of benzene rings is 1. The molecule has 2 aromatic heterocycles. The molecular weight excluding hydrogens is 280 g/mol. The quantitative estimate of drug-likeness (QED) is 0.723. The van der Waals surface area contributed by atoms with Crippen LogP contribution in [-0.2, 0) is 0 Å². The molecule has 5 heteroatoms. The lowest BCUT2D eigenvalue weighted by atomic mass is 10.1. The minimum absolute atomic E-state index is 0.430. The third-order valence-corrected chi connectivity index (χ3v) is 3.30. The van der Waals surface area contributed by atoms with Gasteiger partial charge in [-0.05, 0) is 32.0 Å². The van der Waals surface area contributed by atoms with Crippen molar-refractivity contribution in [3.05, 3.63) is 54.0 Å². The number of rotatable bonds is 4. The molecular formula is C17H16N2O3. The monoisotopic (exact) mass is 296 g/mol. The maximum atomic E-state index is 5.88. The predicted octanol–water partition coefficient (Wildman–Crippen LogP) is 4.15. The average molecular weight is 296 g/mol. The van der Waals surface area contributed by atoms with Crippen molar-refractivity contribution in [1.29, 1.82) is 0 Å². The van der Waals surface area contributed by atoms with Crippen molar-refractivity contribution < 1.29 is 14.0 Å². The lowest BCUT2D eigenvalue weighted by Crippen LogP contribution is -1.94. The summed E-state index contributed by atoms with van der Waals surface area (Å²) in [5.41, 5.74) is 2.62. The molecule has 5 nitrogen and oxygen atoms in total. The van der Waals surface area contributed by atoms with Crippen LogP contribution in [0, 0.1) is 13.8 Å². The first-order valence-corrected chi connectivity index (χ1v) is 6.89. The Bertz CT molecular complexity index is 762. The average Bonchev–Trinajstić information content (AvgIpc) is 2.87. The van der Waals surface area contributed by atoms with Gasteiger partial charge in [0.1, 0.15) is 11.5 Å². The van der Waals surface area contributed by atoms with Gasteiger partial charge in [-0.3, -0.25) is 0 Å². The van der Waals surface area contributed by atoms with Crippen molar-refractivity contribution >= 4 is 0 Å². The molecule has 3 aromatic rings. The van der Waals surface area contributed by atoms with Gasteiger partial charge < -0.3 is 14.0 Å². The van der Waals surface area contributed by atoms with Gasteiger partial charge in [-0.25, -0.2) is 4.98 Å². The molecule has 0 radical (unpaired) electrons. The number of aromatic nitrogens is 2. The maximum absolute atomic E-state index is 5.88. The van der Waals surface area contributed by atoms with Gasteiger partial charge in [0.15, 0.2) is 5.75 Å². The molecule has 0 unspecified atom stereocenters. The van der Waals surface area contributed by atoms with E-state index in [1.54, 1.807) is 13.3 Å². The van der Waals surface area contributed by atoms with Gasteiger partial charge >= 0.3 is 0 Å². The number of methoxy groups -OCH3 is 1. The van der Waals surface area contributed by atoms with Crippen molar-refractivity contribution in [3.63, 3.8) is 0 Å². The van der Waals surface area contributed by atoms with E-state index < -0.39 is 0 Å². The fourth-order valence-corrected chi connectivity index (χ4v) is 2.31. The number of pyridine rings is 1. The third-order valence-electron chi connectivity index (χ3n) is 3.30. The molecule has 0 saturated heterocycles. The van der Waals surface area contributed by atoms with Crippen LogP contribution >= 0.6 is 0 Å². The normalized spacial score (nSPS) is 10.5. The van der Waals surface area contributed by atoms with Crippen molar-refractivity contribution in [1.82, 2.24) is 10.1 Å². The molecule has 0 aliphatic rings. The molecule has 0 aliphatic heterocycles. The standard InChI is InChI=1S/C17H16N2O3/c1-11-16(12(2)22-19-11)13-9-15(17(20-3)18-10-13)21-14-7-5-4-6-8-14/h4-10H,1-3H3. The van der Waals surface area contributed by atoms with Gasteiger partial charge in [-0.1, -0.05) is 23.4 Å². The van der Waals surface area contributed by atoms with Crippen LogP contribution in [0.2, 0.25) is 0 Å². The number of ether oxygens (including phenoxy) is 2. The molecule has 0 atom stereocenters. The highest BCUT2D eigenvalue weighted by atomic mass is 16.5. The Balaban J connectivity index is 2.03. The Hall–Kier alpha value is -2.82. The lowest BCUT2D eigenvalue weighted by molar-refractivity contribution is 0.364. The second-order valence-electron chi connectivity index (χ2n) is 4.85. The van der Waals surface area contributed by atoms with Gasteiger partial charge in [-0.15, -0.1) is 0 Å². The third kappa shape index (κ3) is 2.65. The summed E-state index contributed by atoms with van der Waals surface area (Å²) in [6.07, 6.45) is 1.73. The molecule has 0 aliphatic carbocycles. The van der Waals surface area contributed by atoms with E-state index in [0.717, 1.165) is 28.3 Å². The van der Waals surface area contributed by atoms with Crippen LogP contribution in [0.25, 0.3) is 11.1 Å². The molecule has 3 rings (SSSR count). The number of para-hydroxylation sites is 1. The van der Waals surface area contributed by atoms with Crippen LogP contribution in [0.15, 0.2) is 47.1 Å². The zero-order valence-electron chi connectivity index (χ0n) is 12.7. The molecule has 0 spiro atoms. The maximum Gasteiger partial charge on any atom is 0.257 e. The molecule has 22 heavy (non-hydrogen) atoms. The minimum atomic E-state index is 0.430. The fraction of sp³-hybridized carbons (Fsp3) is 0.176. The number of hydrogen-bond donors (Lipinski definition) is 0. The summed E-state index contributed by atoms with van der Waals surface area (Å²) >= 11 is 0.